The van der Waals surface area contributed by atoms with Gasteiger partial charge in [-0.3, -0.25) is 4.79 Å². The van der Waals surface area contributed by atoms with Crippen LogP contribution in [0.1, 0.15) is 16.1 Å². The summed E-state index contributed by atoms with van der Waals surface area (Å²) in [7, 11) is 3.08. The summed E-state index contributed by atoms with van der Waals surface area (Å²) in [4.78, 5) is 21.1. The molecule has 3 heterocycles. The second kappa shape index (κ2) is 9.16. The first-order chi connectivity index (χ1) is 15.2. The Bertz CT molecular complexity index is 1150. The van der Waals surface area contributed by atoms with Crippen molar-refractivity contribution in [2.75, 3.05) is 26.1 Å². The minimum Gasteiger partial charge on any atom is -0.497 e. The van der Waals surface area contributed by atoms with Gasteiger partial charge in [-0.1, -0.05) is 0 Å². The molecule has 31 heavy (non-hydrogen) atoms. The second-order valence-corrected chi connectivity index (χ2v) is 6.62. The summed E-state index contributed by atoms with van der Waals surface area (Å²) in [5.41, 5.74) is 1.13. The number of hydrogen-bond donors (Lipinski definition) is 2. The average molecular weight is 422 g/mol. The van der Waals surface area contributed by atoms with Gasteiger partial charge in [0.25, 0.3) is 5.91 Å². The predicted octanol–water partition coefficient (Wildman–Crippen LogP) is 2.48. The van der Waals surface area contributed by atoms with E-state index in [-0.39, 0.29) is 5.91 Å². The predicted molar refractivity (Wildman–Crippen MR) is 113 cm³/mol. The molecule has 0 atom stereocenters. The number of ether oxygens (including phenoxy) is 2. The number of carbonyl (C=O) groups is 1. The monoisotopic (exact) mass is 422 g/mol. The number of carbonyl (C=O) groups excluding carboxylic acids is 1. The third-order valence-corrected chi connectivity index (χ3v) is 4.67. The number of methoxy groups -OCH3 is 2. The Kier molecular flexibility index (Phi) is 5.97. The first-order valence-corrected chi connectivity index (χ1v) is 9.62. The zero-order valence-electron chi connectivity index (χ0n) is 17.2. The first kappa shape index (κ1) is 20.2. The van der Waals surface area contributed by atoms with Crippen molar-refractivity contribution in [3.05, 3.63) is 60.4 Å². The van der Waals surface area contributed by atoms with E-state index in [0.717, 1.165) is 11.1 Å². The van der Waals surface area contributed by atoms with Crippen LogP contribution >= 0.6 is 0 Å². The van der Waals surface area contributed by atoms with Crippen LogP contribution in [0.15, 0.2) is 53.5 Å². The quantitative estimate of drug-likeness (QED) is 0.423. The highest BCUT2D eigenvalue weighted by molar-refractivity contribution is 5.95. The number of nitrogens with zero attached hydrogens (tertiary/aromatic N) is 4. The summed E-state index contributed by atoms with van der Waals surface area (Å²) in [6.45, 7) is 1.32. The number of furan rings is 1. The van der Waals surface area contributed by atoms with E-state index in [4.69, 9.17) is 13.9 Å². The number of rotatable bonds is 9. The first-order valence-electron chi connectivity index (χ1n) is 9.62. The Morgan fingerprint density at radius 2 is 1.97 bits per heavy atom. The fourth-order valence-electron chi connectivity index (χ4n) is 3.10. The summed E-state index contributed by atoms with van der Waals surface area (Å²) in [6, 6.07) is 8.75. The second-order valence-electron chi connectivity index (χ2n) is 6.62. The van der Waals surface area contributed by atoms with Crippen LogP contribution in [0.4, 0.5) is 5.82 Å². The van der Waals surface area contributed by atoms with Gasteiger partial charge in [0.15, 0.2) is 5.65 Å². The Morgan fingerprint density at radius 1 is 1.16 bits per heavy atom. The molecule has 0 unspecified atom stereocenters. The largest absolute Gasteiger partial charge is 0.497 e. The van der Waals surface area contributed by atoms with Crippen molar-refractivity contribution in [1.82, 2.24) is 25.1 Å². The molecular weight excluding hydrogens is 400 g/mol. The number of aromatic nitrogens is 4. The lowest BCUT2D eigenvalue weighted by Gasteiger charge is -2.10. The maximum atomic E-state index is 12.5. The van der Waals surface area contributed by atoms with Gasteiger partial charge in [0.05, 0.1) is 45.2 Å². The molecule has 10 heteroatoms. The summed E-state index contributed by atoms with van der Waals surface area (Å²) < 4.78 is 17.5. The van der Waals surface area contributed by atoms with Crippen molar-refractivity contribution in [2.24, 2.45) is 0 Å². The van der Waals surface area contributed by atoms with Gasteiger partial charge in [0, 0.05) is 18.2 Å². The SMILES string of the molecule is COc1cc(OC)cc(C(=O)NCCn2ncc3c(NCc4ccco4)ncnc32)c1. The van der Waals surface area contributed by atoms with E-state index >= 15 is 0 Å². The molecule has 0 saturated heterocycles. The fraction of sp³-hybridized carbons (Fsp3) is 0.238. The molecule has 0 aliphatic rings. The summed E-state index contributed by atoms with van der Waals surface area (Å²) in [5.74, 6) is 2.34. The number of anilines is 1. The van der Waals surface area contributed by atoms with Gasteiger partial charge in [-0.25, -0.2) is 14.6 Å². The molecule has 0 saturated carbocycles. The van der Waals surface area contributed by atoms with Gasteiger partial charge in [-0.15, -0.1) is 0 Å². The molecule has 1 aromatic carbocycles. The van der Waals surface area contributed by atoms with Crippen molar-refractivity contribution in [3.63, 3.8) is 0 Å². The Labute approximate surface area is 178 Å². The van der Waals surface area contributed by atoms with Gasteiger partial charge in [0.1, 0.15) is 29.4 Å². The standard InChI is InChI=1S/C21H22N6O4/c1-29-16-8-14(9-17(10-16)30-2)21(28)22-5-6-27-20-18(12-26-27)19(24-13-25-20)23-11-15-4-3-7-31-15/h3-4,7-10,12-13H,5-6,11H2,1-2H3,(H,22,28)(H,23,24,25). The number of hydrogen-bond acceptors (Lipinski definition) is 8. The molecule has 0 radical (unpaired) electrons. The van der Waals surface area contributed by atoms with Crippen LogP contribution in [0.25, 0.3) is 11.0 Å². The lowest BCUT2D eigenvalue weighted by Crippen LogP contribution is -2.27. The normalized spacial score (nSPS) is 10.8. The van der Waals surface area contributed by atoms with Gasteiger partial charge < -0.3 is 24.5 Å². The Morgan fingerprint density at radius 3 is 2.68 bits per heavy atom. The molecule has 0 aliphatic carbocycles. The van der Waals surface area contributed by atoms with Crippen LogP contribution in [0.3, 0.4) is 0 Å². The van der Waals surface area contributed by atoms with E-state index in [1.807, 2.05) is 12.1 Å². The molecule has 1 amide bonds. The van der Waals surface area contributed by atoms with Crippen LogP contribution in [0, 0.1) is 0 Å². The van der Waals surface area contributed by atoms with Crippen molar-refractivity contribution < 1.29 is 18.7 Å². The molecule has 0 fully saturated rings. The van der Waals surface area contributed by atoms with Crippen molar-refractivity contribution in [1.29, 1.82) is 0 Å². The van der Waals surface area contributed by atoms with Crippen molar-refractivity contribution >= 4 is 22.8 Å². The van der Waals surface area contributed by atoms with E-state index in [1.54, 1.807) is 49.6 Å². The molecule has 3 aromatic heterocycles. The molecular formula is C21H22N6O4. The Balaban J connectivity index is 1.40. The van der Waals surface area contributed by atoms with Crippen LogP contribution < -0.4 is 20.1 Å². The van der Waals surface area contributed by atoms with E-state index in [1.165, 1.54) is 6.33 Å². The molecule has 4 rings (SSSR count). The number of fused-ring (bicyclic) bond motifs is 1. The molecule has 0 aliphatic heterocycles. The molecule has 2 N–H and O–H groups in total. The molecule has 10 nitrogen and oxygen atoms in total. The van der Waals surface area contributed by atoms with E-state index in [2.05, 4.69) is 25.7 Å². The van der Waals surface area contributed by atoms with Crippen LogP contribution in [-0.4, -0.2) is 46.4 Å². The topological polar surface area (TPSA) is 116 Å². The molecule has 0 spiro atoms. The molecule has 160 valence electrons. The number of nitrogens with one attached hydrogen (secondary N) is 2. The average Bonchev–Trinajstić information content (AvgIpc) is 3.47. The fourth-order valence-corrected chi connectivity index (χ4v) is 3.10. The lowest BCUT2D eigenvalue weighted by atomic mass is 10.2. The number of benzene rings is 1. The van der Waals surface area contributed by atoms with Crippen molar-refractivity contribution in [2.45, 2.75) is 13.1 Å². The highest BCUT2D eigenvalue weighted by atomic mass is 16.5. The zero-order chi connectivity index (χ0) is 21.6. The molecule has 4 aromatic rings. The smallest absolute Gasteiger partial charge is 0.251 e. The summed E-state index contributed by atoms with van der Waals surface area (Å²) in [5, 5.41) is 11.3. The van der Waals surface area contributed by atoms with E-state index in [0.29, 0.717) is 48.2 Å². The third kappa shape index (κ3) is 4.58. The maximum absolute atomic E-state index is 12.5. The lowest BCUT2D eigenvalue weighted by molar-refractivity contribution is 0.0951. The maximum Gasteiger partial charge on any atom is 0.251 e. The highest BCUT2D eigenvalue weighted by Crippen LogP contribution is 2.22. The summed E-state index contributed by atoms with van der Waals surface area (Å²) >= 11 is 0. The number of amides is 1. The van der Waals surface area contributed by atoms with Gasteiger partial charge >= 0.3 is 0 Å². The van der Waals surface area contributed by atoms with E-state index < -0.39 is 0 Å². The van der Waals surface area contributed by atoms with Gasteiger partial charge in [-0.05, 0) is 24.3 Å². The minimum atomic E-state index is -0.232. The van der Waals surface area contributed by atoms with E-state index in [9.17, 15) is 4.79 Å². The third-order valence-electron chi connectivity index (χ3n) is 4.67. The highest BCUT2D eigenvalue weighted by Gasteiger charge is 2.12. The zero-order valence-corrected chi connectivity index (χ0v) is 17.2. The summed E-state index contributed by atoms with van der Waals surface area (Å²) in [6.07, 6.45) is 4.81. The van der Waals surface area contributed by atoms with Crippen molar-refractivity contribution in [3.8, 4) is 11.5 Å². The minimum absolute atomic E-state index is 0.232. The van der Waals surface area contributed by atoms with Crippen LogP contribution in [0.2, 0.25) is 0 Å². The van der Waals surface area contributed by atoms with Gasteiger partial charge in [0.2, 0.25) is 0 Å². The van der Waals surface area contributed by atoms with Crippen LogP contribution in [0.5, 0.6) is 11.5 Å². The van der Waals surface area contributed by atoms with Crippen LogP contribution in [-0.2, 0) is 13.1 Å². The van der Waals surface area contributed by atoms with Gasteiger partial charge in [-0.2, -0.15) is 5.10 Å². The Hall–Kier alpha value is -4.08. The molecule has 0 bridgehead atoms.